The van der Waals surface area contributed by atoms with Crippen LogP contribution in [-0.4, -0.2) is 34.7 Å². The summed E-state index contributed by atoms with van der Waals surface area (Å²) in [4.78, 5) is 8.70. The molecular weight excluding hydrogens is 390 g/mol. The summed E-state index contributed by atoms with van der Waals surface area (Å²) in [6.07, 6.45) is 2.89. The van der Waals surface area contributed by atoms with Gasteiger partial charge in [-0.3, -0.25) is 4.68 Å². The first kappa shape index (κ1) is 18.9. The normalized spacial score (nSPS) is 15.1. The average Bonchev–Trinajstić information content (AvgIpc) is 3.43. The Balaban J connectivity index is 1.44. The number of rotatable bonds is 4. The van der Waals surface area contributed by atoms with Crippen LogP contribution in [0.25, 0.3) is 22.6 Å². The molecule has 1 atom stereocenters. The summed E-state index contributed by atoms with van der Waals surface area (Å²) in [6, 6.07) is 11.7. The zero-order valence-electron chi connectivity index (χ0n) is 17.3. The quantitative estimate of drug-likeness (QED) is 0.547. The van der Waals surface area contributed by atoms with E-state index in [1.165, 1.54) is 5.69 Å². The third-order valence-corrected chi connectivity index (χ3v) is 5.55. The summed E-state index contributed by atoms with van der Waals surface area (Å²) < 4.78 is 3.82. The van der Waals surface area contributed by atoms with Gasteiger partial charge in [0.2, 0.25) is 5.95 Å². The van der Waals surface area contributed by atoms with Crippen LogP contribution in [-0.2, 0) is 19.5 Å². The van der Waals surface area contributed by atoms with Crippen LogP contribution < -0.4 is 5.73 Å². The van der Waals surface area contributed by atoms with Gasteiger partial charge >= 0.3 is 0 Å². The van der Waals surface area contributed by atoms with Crippen LogP contribution in [0.4, 0.5) is 5.95 Å². The molecule has 1 aliphatic rings. The van der Waals surface area contributed by atoms with Gasteiger partial charge in [-0.15, -0.1) is 5.10 Å². The van der Waals surface area contributed by atoms with E-state index in [4.69, 9.17) is 5.73 Å². The lowest BCUT2D eigenvalue weighted by Crippen LogP contribution is -2.04. The summed E-state index contributed by atoms with van der Waals surface area (Å²) in [5.74, 6) is 0.785. The van der Waals surface area contributed by atoms with E-state index in [2.05, 4.69) is 49.1 Å². The molecule has 9 nitrogen and oxygen atoms in total. The molecule has 2 N–H and O–H groups in total. The molecule has 31 heavy (non-hydrogen) atoms. The van der Waals surface area contributed by atoms with E-state index >= 15 is 0 Å². The summed E-state index contributed by atoms with van der Waals surface area (Å²) in [6.45, 7) is 5.63. The highest BCUT2D eigenvalue weighted by Gasteiger charge is 2.20. The van der Waals surface area contributed by atoms with Gasteiger partial charge in [0.15, 0.2) is 0 Å². The first-order valence-corrected chi connectivity index (χ1v) is 10.1. The fourth-order valence-electron chi connectivity index (χ4n) is 4.06. The van der Waals surface area contributed by atoms with Crippen molar-refractivity contribution in [2.24, 2.45) is 5.92 Å². The van der Waals surface area contributed by atoms with Crippen LogP contribution in [0.3, 0.4) is 0 Å². The summed E-state index contributed by atoms with van der Waals surface area (Å²) in [5, 5.41) is 22.5. The van der Waals surface area contributed by atoms with Gasteiger partial charge in [0.1, 0.15) is 5.69 Å². The lowest BCUT2D eigenvalue weighted by atomic mass is 10.00. The third-order valence-electron chi connectivity index (χ3n) is 5.55. The number of aromatic nitrogens is 7. The second-order valence-corrected chi connectivity index (χ2v) is 8.01. The van der Waals surface area contributed by atoms with Gasteiger partial charge in [-0.25, -0.2) is 14.6 Å². The summed E-state index contributed by atoms with van der Waals surface area (Å²) in [7, 11) is 0. The van der Waals surface area contributed by atoms with Gasteiger partial charge in [0.25, 0.3) is 0 Å². The van der Waals surface area contributed by atoms with E-state index in [-0.39, 0.29) is 5.95 Å². The van der Waals surface area contributed by atoms with E-state index in [0.29, 0.717) is 35.1 Å². The smallest absolute Gasteiger partial charge is 0.221 e. The van der Waals surface area contributed by atoms with Gasteiger partial charge in [0.05, 0.1) is 41.5 Å². The molecule has 154 valence electrons. The largest absolute Gasteiger partial charge is 0.368 e. The Hall–Kier alpha value is -4.06. The van der Waals surface area contributed by atoms with E-state index < -0.39 is 0 Å². The van der Waals surface area contributed by atoms with E-state index in [9.17, 15) is 5.26 Å². The Kier molecular flexibility index (Phi) is 4.47. The fourth-order valence-corrected chi connectivity index (χ4v) is 4.06. The van der Waals surface area contributed by atoms with E-state index in [1.54, 1.807) is 10.7 Å². The maximum absolute atomic E-state index is 9.32. The number of fused-ring (bicyclic) bond motifs is 1. The minimum atomic E-state index is 0.142. The highest BCUT2D eigenvalue weighted by atomic mass is 15.4. The van der Waals surface area contributed by atoms with Crippen molar-refractivity contribution in [1.29, 1.82) is 5.26 Å². The number of nitrogen functional groups attached to an aromatic ring is 1. The number of nitriles is 1. The molecule has 0 fully saturated rings. The molecule has 0 amide bonds. The maximum atomic E-state index is 9.32. The van der Waals surface area contributed by atoms with Crippen LogP contribution in [0.1, 0.15) is 29.4 Å². The topological polar surface area (TPSA) is 124 Å². The van der Waals surface area contributed by atoms with Crippen molar-refractivity contribution >= 4 is 5.95 Å². The zero-order valence-corrected chi connectivity index (χ0v) is 17.3. The number of nitrogens with zero attached hydrogens (tertiary/aromatic N) is 8. The first-order valence-electron chi connectivity index (χ1n) is 10.1. The molecule has 9 heteroatoms. The molecule has 1 aliphatic heterocycles. The van der Waals surface area contributed by atoms with Crippen molar-refractivity contribution in [3.05, 3.63) is 59.0 Å². The van der Waals surface area contributed by atoms with Gasteiger partial charge < -0.3 is 5.73 Å². The molecule has 1 unspecified atom stereocenters. The number of nitrogens with two attached hydrogens (primary N) is 1. The molecule has 4 aromatic rings. The minimum absolute atomic E-state index is 0.142. The molecule has 1 aromatic carbocycles. The van der Waals surface area contributed by atoms with Gasteiger partial charge in [0, 0.05) is 17.8 Å². The van der Waals surface area contributed by atoms with Crippen molar-refractivity contribution in [3.8, 4) is 28.7 Å². The molecule has 0 aliphatic carbocycles. The molecule has 0 saturated heterocycles. The van der Waals surface area contributed by atoms with Gasteiger partial charge in [-0.05, 0) is 43.0 Å². The maximum Gasteiger partial charge on any atom is 0.221 e. The number of benzene rings is 1. The van der Waals surface area contributed by atoms with Crippen LogP contribution in [0.15, 0.2) is 36.5 Å². The SMILES string of the molecule is Cc1c(C#N)cccc1-c1cc(-c2cn(Cc3cc4n(n3)CC(C)C4)nn2)nc(N)n1. The molecule has 4 heterocycles. The third kappa shape index (κ3) is 3.53. The summed E-state index contributed by atoms with van der Waals surface area (Å²) in [5.41, 5.74) is 12.3. The Morgan fingerprint density at radius 1 is 1.19 bits per heavy atom. The molecule has 3 aromatic heterocycles. The van der Waals surface area contributed by atoms with Crippen molar-refractivity contribution in [1.82, 2.24) is 34.7 Å². The standard InChI is InChI=1S/C22H21N9/c1-13-6-17-7-16(28-31(17)10-13)11-30-12-21(27-29-30)20-8-19(25-22(24)26-20)18-5-3-4-15(9-23)14(18)2/h3-5,7-8,12-13H,6,10-11H2,1-2H3,(H2,24,25,26). The Morgan fingerprint density at radius 3 is 2.84 bits per heavy atom. The Labute approximate surface area is 179 Å². The zero-order chi connectivity index (χ0) is 21.5. The van der Waals surface area contributed by atoms with Gasteiger partial charge in [-0.2, -0.15) is 10.4 Å². The molecule has 0 saturated carbocycles. The summed E-state index contributed by atoms with van der Waals surface area (Å²) >= 11 is 0. The predicted molar refractivity (Wildman–Crippen MR) is 115 cm³/mol. The number of hydrogen-bond donors (Lipinski definition) is 1. The van der Waals surface area contributed by atoms with E-state index in [1.807, 2.05) is 31.3 Å². The lowest BCUT2D eigenvalue weighted by Gasteiger charge is -2.08. The fraction of sp³-hybridized carbons (Fsp3) is 0.273. The van der Waals surface area contributed by atoms with Crippen LogP contribution in [0.2, 0.25) is 0 Å². The highest BCUT2D eigenvalue weighted by molar-refractivity contribution is 5.71. The second-order valence-electron chi connectivity index (χ2n) is 8.01. The van der Waals surface area contributed by atoms with Crippen molar-refractivity contribution in [3.63, 3.8) is 0 Å². The Bertz CT molecular complexity index is 1300. The molecule has 5 rings (SSSR count). The van der Waals surface area contributed by atoms with Crippen LogP contribution in [0, 0.1) is 24.2 Å². The molecule has 0 radical (unpaired) electrons. The lowest BCUT2D eigenvalue weighted by molar-refractivity contribution is 0.519. The molecule has 0 bridgehead atoms. The second kappa shape index (κ2) is 7.32. The van der Waals surface area contributed by atoms with Crippen molar-refractivity contribution in [2.75, 3.05) is 5.73 Å². The monoisotopic (exact) mass is 411 g/mol. The Morgan fingerprint density at radius 2 is 2.03 bits per heavy atom. The van der Waals surface area contributed by atoms with Crippen LogP contribution in [0.5, 0.6) is 0 Å². The average molecular weight is 411 g/mol. The molecule has 0 spiro atoms. The van der Waals surface area contributed by atoms with Crippen molar-refractivity contribution in [2.45, 2.75) is 33.4 Å². The highest BCUT2D eigenvalue weighted by Crippen LogP contribution is 2.27. The van der Waals surface area contributed by atoms with Crippen LogP contribution >= 0.6 is 0 Å². The first-order chi connectivity index (χ1) is 15.0. The van der Waals surface area contributed by atoms with E-state index in [0.717, 1.165) is 29.8 Å². The predicted octanol–water partition coefficient (Wildman–Crippen LogP) is 2.60. The number of hydrogen-bond acceptors (Lipinski definition) is 7. The number of anilines is 1. The molecular formula is C22H21N9. The minimum Gasteiger partial charge on any atom is -0.368 e. The van der Waals surface area contributed by atoms with Gasteiger partial charge in [-0.1, -0.05) is 24.3 Å². The van der Waals surface area contributed by atoms with Crippen molar-refractivity contribution < 1.29 is 0 Å².